The number of aliphatic hydroxyl groups excluding tert-OH is 1. The maximum atomic E-state index is 14.9. The smallest absolute Gasteiger partial charge is 0.327 e. The molecule has 0 saturated carbocycles. The maximum absolute atomic E-state index is 14.9. The van der Waals surface area contributed by atoms with Crippen LogP contribution in [0.3, 0.4) is 0 Å². The number of aromatic amines is 1. The van der Waals surface area contributed by atoms with Crippen LogP contribution in [0.5, 0.6) is 0 Å². The number of unbranched alkanes of at least 4 members (excludes halogenated alkanes) is 1. The summed E-state index contributed by atoms with van der Waals surface area (Å²) in [5, 5.41) is 39.4. The largest absolute Gasteiger partial charge is 0.480 e. The molecule has 0 aliphatic carbocycles. The minimum absolute atomic E-state index is 0.0458. The summed E-state index contributed by atoms with van der Waals surface area (Å²) in [5.41, 5.74) is 15.0. The van der Waals surface area contributed by atoms with E-state index in [1.165, 1.54) is 6.92 Å². The number of para-hydroxylation sites is 1. The number of hydrogen-bond donors (Lipinski definition) is 11. The Labute approximate surface area is 407 Å². The van der Waals surface area contributed by atoms with Gasteiger partial charge in [0.25, 0.3) is 0 Å². The first kappa shape index (κ1) is 51.9. The quantitative estimate of drug-likeness (QED) is 0.0557. The molecule has 0 unspecified atom stereocenters. The molecule has 366 valence electrons. The summed E-state index contributed by atoms with van der Waals surface area (Å²) in [4.78, 5) is 101. The maximum Gasteiger partial charge on any atom is 0.327 e. The van der Waals surface area contributed by atoms with E-state index >= 15 is 0 Å². The fourth-order valence-corrected chi connectivity index (χ4v) is 10.3. The third kappa shape index (κ3) is 14.5. The highest BCUT2D eigenvalue weighted by Crippen LogP contribution is 2.25. The molecule has 0 spiro atoms. The van der Waals surface area contributed by atoms with Crippen LogP contribution in [-0.4, -0.2) is 123 Å². The van der Waals surface area contributed by atoms with Gasteiger partial charge in [-0.3, -0.25) is 28.8 Å². The molecule has 69 heavy (non-hydrogen) atoms. The van der Waals surface area contributed by atoms with Crippen molar-refractivity contribution in [2.75, 3.05) is 18.1 Å². The summed E-state index contributed by atoms with van der Waals surface area (Å²) >= 11 is 0. The number of rotatable bonds is 14. The average molecular weight is 982 g/mol. The number of amides is 6. The van der Waals surface area contributed by atoms with E-state index in [4.69, 9.17) is 11.5 Å². The van der Waals surface area contributed by atoms with Gasteiger partial charge in [-0.2, -0.15) is 0 Å². The Morgan fingerprint density at radius 3 is 2.01 bits per heavy atom. The number of aliphatic carboxylic acids is 1. The number of nitrogens with two attached hydrogens (primary N) is 2. The molecule has 1 aliphatic heterocycles. The van der Waals surface area contributed by atoms with Crippen molar-refractivity contribution in [3.05, 3.63) is 120 Å². The first-order valence-electron chi connectivity index (χ1n) is 22.7. The van der Waals surface area contributed by atoms with Crippen LogP contribution < -0.4 is 43.4 Å². The van der Waals surface area contributed by atoms with Crippen LogP contribution in [0.25, 0.3) is 21.7 Å². The number of aromatic nitrogens is 1. The highest BCUT2D eigenvalue weighted by Gasteiger charge is 2.36. The summed E-state index contributed by atoms with van der Waals surface area (Å²) in [5.74, 6) is -6.61. The van der Waals surface area contributed by atoms with E-state index in [-0.39, 0.29) is 43.7 Å². The molecule has 2 heterocycles. The van der Waals surface area contributed by atoms with E-state index in [9.17, 15) is 43.8 Å². The minimum Gasteiger partial charge on any atom is -0.480 e. The standard InChI is InChI=1S/C49H59N9O9S2/c1-28(59)42-48(65)57-41(49(66)67)27-69-68-26-40(56-43(60)35(51)22-29-12-3-2-4-13-29)47(64)55-38(23-31-16-11-15-30-14-5-6-17-33(30)31)46(63)54-39(24-32-25-52-36-19-8-7-18-34(32)36)45(62)53-37(44(61)58-42)20-9-10-21-50/h2-8,11-19,25,28,35,37-42,52,59H,9-10,20-24,26-27,50-51H2,1H3,(H,53,62)(H,54,63)(H,55,64)(H,56,60)(H,57,65)(H,58,61)(H,66,67)/t28-,35-,37+,38+,39-,40+,41+,42+/m1/s1. The summed E-state index contributed by atoms with van der Waals surface area (Å²) in [6.45, 7) is 1.53. The lowest BCUT2D eigenvalue weighted by molar-refractivity contribution is -0.142. The highest BCUT2D eigenvalue weighted by atomic mass is 33.1. The third-order valence-corrected chi connectivity index (χ3v) is 14.2. The fraction of sp³-hybridized carbons (Fsp3) is 0.367. The summed E-state index contributed by atoms with van der Waals surface area (Å²) in [7, 11) is 2.01. The summed E-state index contributed by atoms with van der Waals surface area (Å²) in [6, 6.07) is 20.0. The summed E-state index contributed by atoms with van der Waals surface area (Å²) in [6.07, 6.45) is 1.11. The number of nitrogens with one attached hydrogen (secondary N) is 7. The van der Waals surface area contributed by atoms with E-state index < -0.39 is 89.8 Å². The van der Waals surface area contributed by atoms with Crippen molar-refractivity contribution in [3.8, 4) is 0 Å². The van der Waals surface area contributed by atoms with Crippen molar-refractivity contribution in [1.82, 2.24) is 36.9 Å². The lowest BCUT2D eigenvalue weighted by Crippen LogP contribution is -2.61. The molecule has 18 nitrogen and oxygen atoms in total. The number of hydrogen-bond acceptors (Lipinski definition) is 12. The predicted molar refractivity (Wildman–Crippen MR) is 266 cm³/mol. The number of carboxylic acid groups (broad SMARTS) is 1. The molecule has 1 aliphatic rings. The molecule has 20 heteroatoms. The first-order valence-corrected chi connectivity index (χ1v) is 25.2. The van der Waals surface area contributed by atoms with Gasteiger partial charge >= 0.3 is 5.97 Å². The molecule has 6 amide bonds. The monoisotopic (exact) mass is 981 g/mol. The Kier molecular flexibility index (Phi) is 19.0. The van der Waals surface area contributed by atoms with E-state index in [0.29, 0.717) is 24.0 Å². The highest BCUT2D eigenvalue weighted by molar-refractivity contribution is 8.76. The first-order chi connectivity index (χ1) is 33.2. The van der Waals surface area contributed by atoms with Gasteiger partial charge in [0.05, 0.1) is 12.1 Å². The number of aliphatic hydroxyl groups is 1. The fourth-order valence-electron chi connectivity index (χ4n) is 7.96. The van der Waals surface area contributed by atoms with Crippen LogP contribution in [0.1, 0.15) is 42.9 Å². The van der Waals surface area contributed by atoms with E-state index in [0.717, 1.165) is 48.8 Å². The molecule has 1 aromatic heterocycles. The van der Waals surface area contributed by atoms with Crippen molar-refractivity contribution >= 4 is 84.7 Å². The second-order valence-corrected chi connectivity index (χ2v) is 19.5. The third-order valence-electron chi connectivity index (χ3n) is 11.7. The number of fused-ring (bicyclic) bond motifs is 2. The van der Waals surface area contributed by atoms with Gasteiger partial charge in [-0.05, 0) is 72.7 Å². The molecular formula is C49H59N9O9S2. The summed E-state index contributed by atoms with van der Waals surface area (Å²) < 4.78 is 0. The second-order valence-electron chi connectivity index (χ2n) is 16.9. The number of carbonyl (C=O) groups is 7. The van der Waals surface area contributed by atoms with Gasteiger partial charge in [0.15, 0.2) is 0 Å². The predicted octanol–water partition coefficient (Wildman–Crippen LogP) is 1.57. The van der Waals surface area contributed by atoms with Gasteiger partial charge in [-0.15, -0.1) is 0 Å². The van der Waals surface area contributed by atoms with Crippen molar-refractivity contribution in [2.24, 2.45) is 11.5 Å². The van der Waals surface area contributed by atoms with Crippen molar-refractivity contribution in [2.45, 2.75) is 93.8 Å². The van der Waals surface area contributed by atoms with Gasteiger partial charge in [0.2, 0.25) is 35.4 Å². The normalized spacial score (nSPS) is 22.3. The van der Waals surface area contributed by atoms with Gasteiger partial charge in [-0.25, -0.2) is 4.79 Å². The van der Waals surface area contributed by atoms with Gasteiger partial charge in [0.1, 0.15) is 36.3 Å². The molecule has 1 saturated heterocycles. The minimum atomic E-state index is -1.64. The molecule has 8 atom stereocenters. The number of carbonyl (C=O) groups excluding carboxylic acids is 6. The van der Waals surface area contributed by atoms with Crippen LogP contribution in [0.2, 0.25) is 0 Å². The van der Waals surface area contributed by atoms with Crippen LogP contribution in [-0.2, 0) is 52.8 Å². The Morgan fingerprint density at radius 1 is 0.696 bits per heavy atom. The molecular weight excluding hydrogens is 923 g/mol. The zero-order valence-electron chi connectivity index (χ0n) is 38.0. The van der Waals surface area contributed by atoms with Crippen LogP contribution in [0, 0.1) is 0 Å². The van der Waals surface area contributed by atoms with Crippen LogP contribution >= 0.6 is 21.6 Å². The molecule has 0 bridgehead atoms. The Morgan fingerprint density at radius 2 is 1.30 bits per heavy atom. The molecule has 0 radical (unpaired) electrons. The van der Waals surface area contributed by atoms with Crippen LogP contribution in [0.4, 0.5) is 0 Å². The lowest BCUT2D eigenvalue weighted by atomic mass is 9.97. The topological polar surface area (TPSA) is 300 Å². The van der Waals surface area contributed by atoms with Crippen molar-refractivity contribution in [1.29, 1.82) is 0 Å². The van der Waals surface area contributed by atoms with E-state index in [1.54, 1.807) is 18.3 Å². The van der Waals surface area contributed by atoms with Crippen molar-refractivity contribution in [3.63, 3.8) is 0 Å². The molecule has 5 aromatic rings. The second kappa shape index (κ2) is 25.2. The molecule has 1 fully saturated rings. The van der Waals surface area contributed by atoms with Crippen molar-refractivity contribution < 1.29 is 43.8 Å². The zero-order valence-corrected chi connectivity index (χ0v) is 39.7. The molecule has 6 rings (SSSR count). The Bertz CT molecular complexity index is 2590. The molecule has 4 aromatic carbocycles. The van der Waals surface area contributed by atoms with E-state index in [2.05, 4.69) is 36.9 Å². The van der Waals surface area contributed by atoms with E-state index in [1.807, 2.05) is 84.9 Å². The van der Waals surface area contributed by atoms with Gasteiger partial charge in [0, 0.05) is 41.4 Å². The number of carboxylic acids is 1. The van der Waals surface area contributed by atoms with Gasteiger partial charge < -0.3 is 58.6 Å². The Balaban J connectivity index is 1.40. The zero-order chi connectivity index (χ0) is 49.5. The average Bonchev–Trinajstić information content (AvgIpc) is 3.75. The number of benzene rings is 4. The Hall–Kier alpha value is -6.45. The van der Waals surface area contributed by atoms with Crippen LogP contribution in [0.15, 0.2) is 103 Å². The number of H-pyrrole nitrogens is 1. The SMILES string of the molecule is C[C@@H](O)[C@@H]1NC(=O)[C@H](CCCCN)NC(=O)[C@@H](Cc2c[nH]c3ccccc23)NC(=O)[C@H](Cc2cccc3ccccc23)NC(=O)[C@@H](NC(=O)[C@H](N)Cc2ccccc2)CSSC[C@@H](C(=O)O)NC1=O. The van der Waals surface area contributed by atoms with Gasteiger partial charge in [-0.1, -0.05) is 113 Å². The molecule has 13 N–H and O–H groups in total. The lowest BCUT2D eigenvalue weighted by Gasteiger charge is -2.29.